The first kappa shape index (κ1) is 28.5. The Labute approximate surface area is 226 Å². The summed E-state index contributed by atoms with van der Waals surface area (Å²) >= 11 is 0. The molecule has 1 aromatic carbocycles. The van der Waals surface area contributed by atoms with Gasteiger partial charge in [0.1, 0.15) is 6.04 Å². The van der Waals surface area contributed by atoms with E-state index < -0.39 is 21.7 Å². The van der Waals surface area contributed by atoms with Crippen molar-refractivity contribution in [2.24, 2.45) is 0 Å². The van der Waals surface area contributed by atoms with Crippen LogP contribution in [0.1, 0.15) is 107 Å². The number of amides is 1. The van der Waals surface area contributed by atoms with Crippen molar-refractivity contribution in [3.05, 3.63) is 47.1 Å². The van der Waals surface area contributed by atoms with Gasteiger partial charge in [0, 0.05) is 25.0 Å². The molecular formula is C28H42N4O5S. The number of benzene rings is 1. The van der Waals surface area contributed by atoms with Gasteiger partial charge >= 0.3 is 6.09 Å². The molecule has 10 heteroatoms. The average molecular weight is 547 g/mol. The van der Waals surface area contributed by atoms with Crippen LogP contribution in [-0.2, 0) is 29.4 Å². The molecule has 2 fully saturated rings. The Balaban J connectivity index is 1.36. The molecule has 1 N–H and O–H groups in total. The highest BCUT2D eigenvalue weighted by molar-refractivity contribution is 7.89. The zero-order valence-electron chi connectivity index (χ0n) is 22.9. The predicted molar refractivity (Wildman–Crippen MR) is 145 cm³/mol. The number of sulfonamides is 1. The van der Waals surface area contributed by atoms with Crippen LogP contribution in [0, 0.1) is 0 Å². The predicted octanol–water partition coefficient (Wildman–Crippen LogP) is 5.71. The SMILES string of the molecule is CC(C)(C)N(Cc1cccc(CCCc2noc(C3CCCCN3S(=O)(=O)C3CCCCC3)n2)c1)C(=O)O. The highest BCUT2D eigenvalue weighted by Crippen LogP contribution is 2.36. The number of nitrogens with zero attached hydrogens (tertiary/aromatic N) is 4. The van der Waals surface area contributed by atoms with Gasteiger partial charge in [0.05, 0.1) is 5.25 Å². The second-order valence-corrected chi connectivity index (χ2v) is 13.9. The lowest BCUT2D eigenvalue weighted by Crippen LogP contribution is -2.44. The molecule has 0 radical (unpaired) electrons. The molecule has 9 nitrogen and oxygen atoms in total. The van der Waals surface area contributed by atoms with Crippen LogP contribution < -0.4 is 0 Å². The monoisotopic (exact) mass is 546 g/mol. The fourth-order valence-corrected chi connectivity index (χ4v) is 7.87. The van der Waals surface area contributed by atoms with Crippen molar-refractivity contribution in [2.75, 3.05) is 6.54 Å². The zero-order valence-corrected chi connectivity index (χ0v) is 23.8. The minimum absolute atomic E-state index is 0.291. The molecule has 1 saturated carbocycles. The molecule has 1 aliphatic carbocycles. The lowest BCUT2D eigenvalue weighted by molar-refractivity contribution is 0.0955. The molecule has 2 aromatic rings. The van der Waals surface area contributed by atoms with Crippen molar-refractivity contribution in [3.63, 3.8) is 0 Å². The maximum absolute atomic E-state index is 13.4. The number of hydrogen-bond acceptors (Lipinski definition) is 6. The van der Waals surface area contributed by atoms with E-state index in [0.717, 1.165) is 68.9 Å². The van der Waals surface area contributed by atoms with Crippen LogP contribution in [0.4, 0.5) is 4.79 Å². The molecule has 1 aromatic heterocycles. The topological polar surface area (TPSA) is 117 Å². The third-order valence-corrected chi connectivity index (χ3v) is 10.2. The van der Waals surface area contributed by atoms with E-state index >= 15 is 0 Å². The second-order valence-electron chi connectivity index (χ2n) is 11.7. The van der Waals surface area contributed by atoms with E-state index in [0.29, 0.717) is 37.6 Å². The van der Waals surface area contributed by atoms with Crippen LogP contribution in [0.25, 0.3) is 0 Å². The quantitative estimate of drug-likeness (QED) is 0.428. The fourth-order valence-electron chi connectivity index (χ4n) is 5.62. The first-order chi connectivity index (χ1) is 18.1. The van der Waals surface area contributed by atoms with Crippen molar-refractivity contribution < 1.29 is 22.8 Å². The number of rotatable bonds is 9. The molecule has 38 heavy (non-hydrogen) atoms. The Bertz CT molecular complexity index is 1180. The largest absolute Gasteiger partial charge is 0.465 e. The van der Waals surface area contributed by atoms with E-state index in [2.05, 4.69) is 16.2 Å². The summed E-state index contributed by atoms with van der Waals surface area (Å²) in [6, 6.07) is 7.65. The van der Waals surface area contributed by atoms with Gasteiger partial charge in [0.15, 0.2) is 5.82 Å². The number of carboxylic acid groups (broad SMARTS) is 1. The smallest absolute Gasteiger partial charge is 0.408 e. The molecule has 4 rings (SSSR count). The van der Waals surface area contributed by atoms with E-state index in [1.165, 1.54) is 4.90 Å². The van der Waals surface area contributed by atoms with Gasteiger partial charge in [0.25, 0.3) is 0 Å². The summed E-state index contributed by atoms with van der Waals surface area (Å²) in [7, 11) is -3.39. The summed E-state index contributed by atoms with van der Waals surface area (Å²) in [6.45, 7) is 6.53. The Hall–Kier alpha value is -2.46. The number of aromatic nitrogens is 2. The van der Waals surface area contributed by atoms with E-state index in [1.807, 2.05) is 39.0 Å². The molecule has 0 spiro atoms. The molecular weight excluding hydrogens is 504 g/mol. The van der Waals surface area contributed by atoms with E-state index in [4.69, 9.17) is 4.52 Å². The maximum Gasteiger partial charge on any atom is 0.408 e. The van der Waals surface area contributed by atoms with Crippen molar-refractivity contribution >= 4 is 16.1 Å². The van der Waals surface area contributed by atoms with Gasteiger partial charge in [-0.3, -0.25) is 4.90 Å². The normalized spacial score (nSPS) is 19.9. The van der Waals surface area contributed by atoms with Crippen LogP contribution in [0.5, 0.6) is 0 Å². The molecule has 1 saturated heterocycles. The minimum Gasteiger partial charge on any atom is -0.465 e. The summed E-state index contributed by atoms with van der Waals surface area (Å²) < 4.78 is 34.1. The standard InChI is InChI=1S/C28H42N4O5S/c1-28(2,3)31(27(33)34)20-22-13-9-11-21(19-22)12-10-17-25-29-26(37-30-25)24-16-7-8-18-32(24)38(35,36)23-14-5-4-6-15-23/h9,11,13,19,23-24H,4-8,10,12,14-18,20H2,1-3H3,(H,33,34). The summed E-state index contributed by atoms with van der Waals surface area (Å²) in [5, 5.41) is 13.5. The first-order valence-electron chi connectivity index (χ1n) is 14.0. The van der Waals surface area contributed by atoms with Crippen molar-refractivity contribution in [3.8, 4) is 0 Å². The van der Waals surface area contributed by atoms with Crippen LogP contribution in [0.3, 0.4) is 0 Å². The minimum atomic E-state index is -3.39. The Morgan fingerprint density at radius 2 is 1.79 bits per heavy atom. The van der Waals surface area contributed by atoms with E-state index in [9.17, 15) is 18.3 Å². The van der Waals surface area contributed by atoms with Crippen molar-refractivity contribution in [2.45, 2.75) is 115 Å². The van der Waals surface area contributed by atoms with Gasteiger partial charge in [-0.05, 0) is 70.4 Å². The highest BCUT2D eigenvalue weighted by Gasteiger charge is 2.41. The zero-order chi connectivity index (χ0) is 27.3. The summed E-state index contributed by atoms with van der Waals surface area (Å²) in [6.07, 6.45) is 8.37. The van der Waals surface area contributed by atoms with Crippen LogP contribution in [0.2, 0.25) is 0 Å². The summed E-state index contributed by atoms with van der Waals surface area (Å²) in [4.78, 5) is 17.8. The Morgan fingerprint density at radius 1 is 1.08 bits per heavy atom. The van der Waals surface area contributed by atoms with Crippen LogP contribution >= 0.6 is 0 Å². The highest BCUT2D eigenvalue weighted by atomic mass is 32.2. The molecule has 1 atom stereocenters. The summed E-state index contributed by atoms with van der Waals surface area (Å²) in [5.41, 5.74) is 1.60. The lowest BCUT2D eigenvalue weighted by Gasteiger charge is -2.36. The van der Waals surface area contributed by atoms with E-state index in [1.54, 1.807) is 4.31 Å². The van der Waals surface area contributed by atoms with Crippen LogP contribution in [0.15, 0.2) is 28.8 Å². The molecule has 1 aliphatic heterocycles. The van der Waals surface area contributed by atoms with Gasteiger partial charge in [-0.1, -0.05) is 55.1 Å². The third-order valence-electron chi connectivity index (χ3n) is 7.76. The number of hydrogen-bond donors (Lipinski definition) is 1. The third kappa shape index (κ3) is 6.94. The van der Waals surface area contributed by atoms with Crippen molar-refractivity contribution in [1.82, 2.24) is 19.3 Å². The lowest BCUT2D eigenvalue weighted by atomic mass is 10.0. The fraction of sp³-hybridized carbons (Fsp3) is 0.679. The second kappa shape index (κ2) is 12.2. The average Bonchev–Trinajstić information content (AvgIpc) is 3.36. The molecule has 1 unspecified atom stereocenters. The Morgan fingerprint density at radius 3 is 2.50 bits per heavy atom. The van der Waals surface area contributed by atoms with Crippen molar-refractivity contribution in [1.29, 1.82) is 0 Å². The molecule has 2 heterocycles. The molecule has 1 amide bonds. The van der Waals surface area contributed by atoms with Gasteiger partial charge in [-0.2, -0.15) is 9.29 Å². The van der Waals surface area contributed by atoms with Gasteiger partial charge in [0.2, 0.25) is 15.9 Å². The van der Waals surface area contributed by atoms with Crippen LogP contribution in [-0.4, -0.2) is 56.3 Å². The Kier molecular flexibility index (Phi) is 9.13. The van der Waals surface area contributed by atoms with Gasteiger partial charge in [-0.15, -0.1) is 0 Å². The number of carbonyl (C=O) groups is 1. The number of aryl methyl sites for hydroxylation is 2. The molecule has 0 bridgehead atoms. The molecule has 2 aliphatic rings. The van der Waals surface area contributed by atoms with Gasteiger partial charge < -0.3 is 9.63 Å². The first-order valence-corrected chi connectivity index (χ1v) is 15.5. The summed E-state index contributed by atoms with van der Waals surface area (Å²) in [5.74, 6) is 1.01. The molecule has 210 valence electrons. The van der Waals surface area contributed by atoms with E-state index in [-0.39, 0.29) is 11.3 Å². The van der Waals surface area contributed by atoms with Gasteiger partial charge in [-0.25, -0.2) is 13.2 Å². The maximum atomic E-state index is 13.4. The number of piperidine rings is 1.